The minimum atomic E-state index is -0.00586. The van der Waals surface area contributed by atoms with Crippen LogP contribution in [0.4, 0.5) is 11.4 Å². The summed E-state index contributed by atoms with van der Waals surface area (Å²) in [7, 11) is 6.80. The van der Waals surface area contributed by atoms with Crippen LogP contribution < -0.4 is 20.9 Å². The SMILES string of the molecule is COc1ccc2c(c1)C(=O)N(C)Cc1cc(N)c(C)cc1-2.COc1ccc2c(c1)C(=O)N(C)Cc1cc(N)ccc1-2. The quantitative estimate of drug-likeness (QED) is 0.325. The standard InChI is InChI=1S/C17H18N2O2.C16H16N2O2/c1-10-6-14-11(7-16(10)18)9-19(2)17(20)15-8-12(21-3)4-5-13(14)15;1-18-9-10-7-11(17)3-5-13(10)14-6-4-12(20-2)8-15(14)16(18)19/h4-8H,9,18H2,1-3H3;3-8H,9,17H2,1-2H3. The Labute approximate surface area is 240 Å². The second-order valence-electron chi connectivity index (χ2n) is 10.4. The maximum absolute atomic E-state index is 12.6. The fourth-order valence-electron chi connectivity index (χ4n) is 5.35. The first kappa shape index (κ1) is 27.6. The van der Waals surface area contributed by atoms with Gasteiger partial charge < -0.3 is 30.7 Å². The first-order valence-electron chi connectivity index (χ1n) is 13.3. The molecule has 0 unspecified atom stereocenters. The van der Waals surface area contributed by atoms with Gasteiger partial charge in [0.25, 0.3) is 11.8 Å². The van der Waals surface area contributed by atoms with Crippen LogP contribution in [-0.2, 0) is 13.1 Å². The molecule has 210 valence electrons. The third-order valence-corrected chi connectivity index (χ3v) is 7.62. The van der Waals surface area contributed by atoms with E-state index < -0.39 is 0 Å². The second kappa shape index (κ2) is 10.9. The molecule has 0 spiro atoms. The predicted octanol–water partition coefficient (Wildman–Crippen LogP) is 5.37. The highest BCUT2D eigenvalue weighted by molar-refractivity contribution is 6.03. The molecule has 2 amide bonds. The third kappa shape index (κ3) is 5.16. The number of fused-ring (bicyclic) bond motifs is 6. The fourth-order valence-corrected chi connectivity index (χ4v) is 5.35. The molecule has 4 aromatic rings. The van der Waals surface area contributed by atoms with E-state index in [1.54, 1.807) is 50.2 Å². The summed E-state index contributed by atoms with van der Waals surface area (Å²) in [5.41, 5.74) is 21.8. The van der Waals surface area contributed by atoms with Crippen molar-refractivity contribution in [2.75, 3.05) is 39.8 Å². The lowest BCUT2D eigenvalue weighted by atomic mass is 9.94. The minimum absolute atomic E-state index is 0.00340. The highest BCUT2D eigenvalue weighted by Crippen LogP contribution is 2.37. The number of nitrogen functional groups attached to an aromatic ring is 2. The van der Waals surface area contributed by atoms with Crippen molar-refractivity contribution in [2.24, 2.45) is 0 Å². The van der Waals surface area contributed by atoms with Crippen LogP contribution in [0.15, 0.2) is 66.7 Å². The number of nitrogens with two attached hydrogens (primary N) is 2. The van der Waals surface area contributed by atoms with Gasteiger partial charge in [-0.05, 0) is 107 Å². The Kier molecular flexibility index (Phi) is 7.32. The minimum Gasteiger partial charge on any atom is -0.497 e. The third-order valence-electron chi connectivity index (χ3n) is 7.62. The van der Waals surface area contributed by atoms with Gasteiger partial charge in [-0.25, -0.2) is 0 Å². The number of carbonyl (C=O) groups is 2. The monoisotopic (exact) mass is 550 g/mol. The summed E-state index contributed by atoms with van der Waals surface area (Å²) in [6.45, 7) is 3.08. The summed E-state index contributed by atoms with van der Waals surface area (Å²) in [6, 6.07) is 21.0. The van der Waals surface area contributed by atoms with E-state index in [2.05, 4.69) is 6.07 Å². The number of benzene rings is 4. The van der Waals surface area contributed by atoms with Crippen LogP contribution >= 0.6 is 0 Å². The average Bonchev–Trinajstić information content (AvgIpc) is 3.13. The first-order chi connectivity index (χ1) is 19.6. The maximum atomic E-state index is 12.6. The van der Waals surface area contributed by atoms with E-state index in [1.165, 1.54) is 0 Å². The number of methoxy groups -OCH3 is 2. The Morgan fingerprint density at radius 3 is 1.63 bits per heavy atom. The van der Waals surface area contributed by atoms with Crippen molar-refractivity contribution in [2.45, 2.75) is 20.0 Å². The van der Waals surface area contributed by atoms with E-state index in [4.69, 9.17) is 20.9 Å². The van der Waals surface area contributed by atoms with Crippen LogP contribution in [-0.4, -0.2) is 49.9 Å². The molecule has 0 atom stereocenters. The van der Waals surface area contributed by atoms with Crippen LogP contribution in [0, 0.1) is 6.92 Å². The number of anilines is 2. The van der Waals surface area contributed by atoms with Crippen molar-refractivity contribution in [3.63, 3.8) is 0 Å². The van der Waals surface area contributed by atoms with Gasteiger partial charge >= 0.3 is 0 Å². The van der Waals surface area contributed by atoms with Gasteiger partial charge in [-0.2, -0.15) is 0 Å². The molecule has 0 bridgehead atoms. The van der Waals surface area contributed by atoms with Crippen molar-refractivity contribution >= 4 is 23.2 Å². The first-order valence-corrected chi connectivity index (χ1v) is 13.3. The van der Waals surface area contributed by atoms with Crippen LogP contribution in [0.25, 0.3) is 22.3 Å². The van der Waals surface area contributed by atoms with E-state index in [0.717, 1.165) is 44.6 Å². The number of rotatable bonds is 2. The molecular formula is C33H34N4O4. The summed E-state index contributed by atoms with van der Waals surface area (Å²) in [5, 5.41) is 0. The summed E-state index contributed by atoms with van der Waals surface area (Å²) in [6.07, 6.45) is 0. The Balaban J connectivity index is 0.000000165. The molecule has 6 rings (SSSR count). The van der Waals surface area contributed by atoms with E-state index >= 15 is 0 Å². The van der Waals surface area contributed by atoms with Gasteiger partial charge in [0.05, 0.1) is 25.3 Å². The molecule has 0 aromatic heterocycles. The molecular weight excluding hydrogens is 516 g/mol. The molecule has 2 aliphatic rings. The van der Waals surface area contributed by atoms with E-state index in [0.29, 0.717) is 41.4 Å². The zero-order chi connectivity index (χ0) is 29.4. The average molecular weight is 551 g/mol. The number of aryl methyl sites for hydroxylation is 1. The van der Waals surface area contributed by atoms with Crippen molar-refractivity contribution in [3.05, 3.63) is 94.5 Å². The molecule has 8 heteroatoms. The summed E-state index contributed by atoms with van der Waals surface area (Å²) < 4.78 is 10.5. The molecule has 0 fully saturated rings. The van der Waals surface area contributed by atoms with Crippen LogP contribution in [0.1, 0.15) is 37.4 Å². The zero-order valence-corrected chi connectivity index (χ0v) is 23.9. The smallest absolute Gasteiger partial charge is 0.254 e. The topological polar surface area (TPSA) is 111 Å². The Morgan fingerprint density at radius 2 is 1.10 bits per heavy atom. The Bertz CT molecular complexity index is 1680. The number of nitrogens with zero attached hydrogens (tertiary/aromatic N) is 2. The van der Waals surface area contributed by atoms with Crippen molar-refractivity contribution in [3.8, 4) is 33.8 Å². The molecule has 0 radical (unpaired) electrons. The molecule has 4 N–H and O–H groups in total. The van der Waals surface area contributed by atoms with E-state index in [9.17, 15) is 9.59 Å². The molecule has 0 aliphatic carbocycles. The number of hydrogen-bond donors (Lipinski definition) is 2. The van der Waals surface area contributed by atoms with Crippen molar-refractivity contribution in [1.82, 2.24) is 9.80 Å². The molecule has 0 saturated heterocycles. The van der Waals surface area contributed by atoms with Gasteiger partial charge in [-0.15, -0.1) is 0 Å². The fraction of sp³-hybridized carbons (Fsp3) is 0.212. The van der Waals surface area contributed by atoms with Crippen molar-refractivity contribution < 1.29 is 19.1 Å². The van der Waals surface area contributed by atoms with Gasteiger partial charge in [0.1, 0.15) is 11.5 Å². The largest absolute Gasteiger partial charge is 0.497 e. The van der Waals surface area contributed by atoms with Crippen LogP contribution in [0.3, 0.4) is 0 Å². The normalized spacial score (nSPS) is 13.5. The van der Waals surface area contributed by atoms with Gasteiger partial charge in [-0.3, -0.25) is 9.59 Å². The predicted molar refractivity (Wildman–Crippen MR) is 162 cm³/mol. The molecule has 8 nitrogen and oxygen atoms in total. The maximum Gasteiger partial charge on any atom is 0.254 e. The molecule has 2 heterocycles. The number of carbonyl (C=O) groups excluding carboxylic acids is 2. The summed E-state index contributed by atoms with van der Waals surface area (Å²) in [5.74, 6) is 1.36. The summed E-state index contributed by atoms with van der Waals surface area (Å²) in [4.78, 5) is 28.5. The zero-order valence-electron chi connectivity index (χ0n) is 23.9. The van der Waals surface area contributed by atoms with E-state index in [1.807, 2.05) is 55.5 Å². The molecule has 41 heavy (non-hydrogen) atoms. The highest BCUT2D eigenvalue weighted by atomic mass is 16.5. The number of hydrogen-bond acceptors (Lipinski definition) is 6. The van der Waals surface area contributed by atoms with Crippen LogP contribution in [0.2, 0.25) is 0 Å². The van der Waals surface area contributed by atoms with Gasteiger partial charge in [0, 0.05) is 38.6 Å². The lowest BCUT2D eigenvalue weighted by Crippen LogP contribution is -2.24. The molecule has 4 aromatic carbocycles. The summed E-state index contributed by atoms with van der Waals surface area (Å²) >= 11 is 0. The number of ether oxygens (including phenoxy) is 2. The number of amides is 2. The van der Waals surface area contributed by atoms with Crippen LogP contribution in [0.5, 0.6) is 11.5 Å². The van der Waals surface area contributed by atoms with Gasteiger partial charge in [-0.1, -0.05) is 6.07 Å². The Hall–Kier alpha value is -4.98. The lowest BCUT2D eigenvalue weighted by Gasteiger charge is -2.15. The molecule has 0 saturated carbocycles. The van der Waals surface area contributed by atoms with E-state index in [-0.39, 0.29) is 11.8 Å². The lowest BCUT2D eigenvalue weighted by molar-refractivity contribution is 0.0781. The Morgan fingerprint density at radius 1 is 0.610 bits per heavy atom. The molecule has 2 aliphatic heterocycles. The van der Waals surface area contributed by atoms with Gasteiger partial charge in [0.15, 0.2) is 0 Å². The second-order valence-corrected chi connectivity index (χ2v) is 10.4. The van der Waals surface area contributed by atoms with Crippen molar-refractivity contribution in [1.29, 1.82) is 0 Å². The van der Waals surface area contributed by atoms with Gasteiger partial charge in [0.2, 0.25) is 0 Å². The highest BCUT2D eigenvalue weighted by Gasteiger charge is 2.26.